The molecule has 0 aliphatic carbocycles. The van der Waals surface area contributed by atoms with Gasteiger partial charge in [0, 0.05) is 6.42 Å². The molecule has 0 unspecified atom stereocenters. The van der Waals surface area contributed by atoms with Gasteiger partial charge in [-0.3, -0.25) is 19.7 Å². The Morgan fingerprint density at radius 2 is 2.11 bits per heavy atom. The third-order valence-electron chi connectivity index (χ3n) is 3.33. The van der Waals surface area contributed by atoms with Crippen LogP contribution in [0.5, 0.6) is 0 Å². The highest BCUT2D eigenvalue weighted by molar-refractivity contribution is 5.99. The van der Waals surface area contributed by atoms with Gasteiger partial charge in [-0.2, -0.15) is 4.74 Å². The topological polar surface area (TPSA) is 81.3 Å². The summed E-state index contributed by atoms with van der Waals surface area (Å²) in [5.41, 5.74) is 0.978. The van der Waals surface area contributed by atoms with Crippen LogP contribution in [0, 0.1) is 6.92 Å². The average Bonchev–Trinajstić information content (AvgIpc) is 2.69. The molecule has 6 heteroatoms. The van der Waals surface area contributed by atoms with Gasteiger partial charge in [0.05, 0.1) is 5.39 Å². The predicted octanol–water partition coefficient (Wildman–Crippen LogP) is 0.881. The molecule has 1 aliphatic heterocycles. The lowest BCUT2D eigenvalue weighted by atomic mass is 10.1. The van der Waals surface area contributed by atoms with Crippen LogP contribution in [0.2, 0.25) is 0 Å². The number of imide groups is 1. The van der Waals surface area contributed by atoms with Crippen molar-refractivity contribution in [3.05, 3.63) is 34.1 Å². The van der Waals surface area contributed by atoms with Gasteiger partial charge in [-0.1, -0.05) is 12.1 Å². The molecule has 0 saturated carbocycles. The van der Waals surface area contributed by atoms with Crippen LogP contribution in [0.25, 0.3) is 11.0 Å². The summed E-state index contributed by atoms with van der Waals surface area (Å²) in [6.07, 6.45) is 0.488. The Morgan fingerprint density at radius 1 is 1.32 bits per heavy atom. The van der Waals surface area contributed by atoms with Gasteiger partial charge >= 0.3 is 0 Å². The van der Waals surface area contributed by atoms with E-state index in [-0.39, 0.29) is 24.3 Å². The van der Waals surface area contributed by atoms with Crippen LogP contribution < -0.4 is 10.9 Å². The van der Waals surface area contributed by atoms with E-state index in [9.17, 15) is 14.4 Å². The van der Waals surface area contributed by atoms with Crippen molar-refractivity contribution in [1.29, 1.82) is 0 Å². The van der Waals surface area contributed by atoms with E-state index in [2.05, 4.69) is 5.32 Å². The van der Waals surface area contributed by atoms with Crippen molar-refractivity contribution in [2.24, 2.45) is 0 Å². The molecule has 1 aromatic heterocycles. The number of carbonyl (C=O) groups is 2. The molecular formula is C13H12N2O4. The molecule has 6 nitrogen and oxygen atoms in total. The number of benzene rings is 1. The zero-order chi connectivity index (χ0) is 13.6. The fourth-order valence-electron chi connectivity index (χ4n) is 2.31. The molecule has 2 heterocycles. The minimum absolute atomic E-state index is 0.207. The number of nitrogens with zero attached hydrogens (tertiary/aromatic N) is 1. The Kier molecular flexibility index (Phi) is 2.51. The summed E-state index contributed by atoms with van der Waals surface area (Å²) < 4.78 is 6.58. The van der Waals surface area contributed by atoms with Gasteiger partial charge in [0.1, 0.15) is 6.04 Å². The molecule has 98 valence electrons. The van der Waals surface area contributed by atoms with Gasteiger partial charge in [0.2, 0.25) is 5.91 Å². The summed E-state index contributed by atoms with van der Waals surface area (Å²) in [6, 6.07) is 4.51. The first-order valence-electron chi connectivity index (χ1n) is 6.03. The van der Waals surface area contributed by atoms with Crippen molar-refractivity contribution in [2.45, 2.75) is 25.8 Å². The van der Waals surface area contributed by atoms with Crippen LogP contribution in [-0.4, -0.2) is 16.6 Å². The van der Waals surface area contributed by atoms with E-state index in [1.165, 1.54) is 0 Å². The van der Waals surface area contributed by atoms with Crippen molar-refractivity contribution in [3.8, 4) is 0 Å². The number of aryl methyl sites for hydroxylation is 1. The number of para-hydroxylation sites is 1. The number of fused-ring (bicyclic) bond motifs is 1. The fourth-order valence-corrected chi connectivity index (χ4v) is 2.31. The van der Waals surface area contributed by atoms with Gasteiger partial charge in [0.25, 0.3) is 11.5 Å². The zero-order valence-corrected chi connectivity index (χ0v) is 10.3. The lowest BCUT2D eigenvalue weighted by Crippen LogP contribution is -2.43. The van der Waals surface area contributed by atoms with Crippen molar-refractivity contribution in [1.82, 2.24) is 10.1 Å². The van der Waals surface area contributed by atoms with Gasteiger partial charge in [-0.15, -0.1) is 0 Å². The van der Waals surface area contributed by atoms with E-state index >= 15 is 0 Å². The first-order valence-corrected chi connectivity index (χ1v) is 6.03. The van der Waals surface area contributed by atoms with Gasteiger partial charge in [-0.25, -0.2) is 0 Å². The van der Waals surface area contributed by atoms with Crippen LogP contribution >= 0.6 is 0 Å². The standard InChI is InChI=1S/C13H12N2O4/c1-7-3-2-4-8-11(7)19-15(13(8)18)9-5-6-10(16)14-12(9)17/h2-4,9H,5-6H2,1H3,(H,14,16,17)/t9-/m0/s1. The maximum Gasteiger partial charge on any atom is 0.291 e. The first-order chi connectivity index (χ1) is 9.08. The number of rotatable bonds is 1. The number of hydrogen-bond acceptors (Lipinski definition) is 4. The second-order valence-corrected chi connectivity index (χ2v) is 4.64. The Labute approximate surface area is 108 Å². The molecular weight excluding hydrogens is 248 g/mol. The number of hydrogen-bond donors (Lipinski definition) is 1. The summed E-state index contributed by atoms with van der Waals surface area (Å²) in [4.78, 5) is 35.1. The molecule has 1 N–H and O–H groups in total. The summed E-state index contributed by atoms with van der Waals surface area (Å²) in [5, 5.41) is 2.67. The molecule has 0 radical (unpaired) electrons. The highest BCUT2D eigenvalue weighted by atomic mass is 16.5. The lowest BCUT2D eigenvalue weighted by Gasteiger charge is -2.19. The number of nitrogens with one attached hydrogen (secondary N) is 1. The molecule has 0 bridgehead atoms. The van der Waals surface area contributed by atoms with E-state index in [1.54, 1.807) is 12.1 Å². The molecule has 1 atom stereocenters. The van der Waals surface area contributed by atoms with E-state index in [4.69, 9.17) is 4.52 Å². The van der Waals surface area contributed by atoms with Gasteiger partial charge < -0.3 is 4.52 Å². The van der Waals surface area contributed by atoms with Crippen molar-refractivity contribution in [3.63, 3.8) is 0 Å². The Morgan fingerprint density at radius 3 is 2.79 bits per heavy atom. The Balaban J connectivity index is 2.13. The third kappa shape index (κ3) is 1.76. The summed E-state index contributed by atoms with van der Waals surface area (Å²) >= 11 is 0. The lowest BCUT2D eigenvalue weighted by molar-refractivity contribution is -0.137. The van der Waals surface area contributed by atoms with E-state index in [0.717, 1.165) is 10.3 Å². The average molecular weight is 260 g/mol. The van der Waals surface area contributed by atoms with Crippen molar-refractivity contribution in [2.75, 3.05) is 0 Å². The van der Waals surface area contributed by atoms with Gasteiger partial charge in [0.15, 0.2) is 5.58 Å². The quantitative estimate of drug-likeness (QED) is 0.772. The monoisotopic (exact) mass is 260 g/mol. The number of piperidine rings is 1. The number of amides is 2. The van der Waals surface area contributed by atoms with E-state index < -0.39 is 11.9 Å². The van der Waals surface area contributed by atoms with Crippen LogP contribution in [0.1, 0.15) is 24.4 Å². The molecule has 1 aliphatic rings. The van der Waals surface area contributed by atoms with Crippen molar-refractivity contribution >= 4 is 22.8 Å². The first kappa shape index (κ1) is 11.7. The second-order valence-electron chi connectivity index (χ2n) is 4.64. The highest BCUT2D eigenvalue weighted by Gasteiger charge is 2.31. The molecule has 2 amide bonds. The number of carbonyl (C=O) groups excluding carboxylic acids is 2. The normalized spacial score (nSPS) is 19.7. The smallest absolute Gasteiger partial charge is 0.291 e. The van der Waals surface area contributed by atoms with Crippen LogP contribution in [-0.2, 0) is 9.59 Å². The second kappa shape index (κ2) is 4.08. The van der Waals surface area contributed by atoms with E-state index in [1.807, 2.05) is 13.0 Å². The van der Waals surface area contributed by atoms with E-state index in [0.29, 0.717) is 11.0 Å². The molecule has 0 spiro atoms. The molecule has 1 saturated heterocycles. The largest absolute Gasteiger partial charge is 0.375 e. The molecule has 2 aromatic rings. The Bertz CT molecular complexity index is 741. The minimum Gasteiger partial charge on any atom is -0.375 e. The van der Waals surface area contributed by atoms with Crippen LogP contribution in [0.4, 0.5) is 0 Å². The fraction of sp³-hybridized carbons (Fsp3) is 0.308. The SMILES string of the molecule is Cc1cccc2c(=O)n([C@H]3CCC(=O)NC3=O)oc12. The minimum atomic E-state index is -0.753. The molecule has 3 rings (SSSR count). The van der Waals surface area contributed by atoms with Crippen LogP contribution in [0.3, 0.4) is 0 Å². The molecule has 19 heavy (non-hydrogen) atoms. The molecule has 1 aromatic carbocycles. The van der Waals surface area contributed by atoms with Crippen molar-refractivity contribution < 1.29 is 14.1 Å². The maximum absolute atomic E-state index is 12.2. The summed E-state index contributed by atoms with van der Waals surface area (Å²) in [6.45, 7) is 1.83. The predicted molar refractivity (Wildman–Crippen MR) is 66.6 cm³/mol. The number of aromatic nitrogens is 1. The molecule has 1 fully saturated rings. The summed E-state index contributed by atoms with van der Waals surface area (Å²) in [5.74, 6) is -0.809. The Hall–Kier alpha value is -2.37. The highest BCUT2D eigenvalue weighted by Crippen LogP contribution is 2.22. The van der Waals surface area contributed by atoms with Crippen LogP contribution in [0.15, 0.2) is 27.5 Å². The van der Waals surface area contributed by atoms with Gasteiger partial charge in [-0.05, 0) is 25.0 Å². The maximum atomic E-state index is 12.2. The summed E-state index contributed by atoms with van der Waals surface area (Å²) in [7, 11) is 0. The zero-order valence-electron chi connectivity index (χ0n) is 10.3. The third-order valence-corrected chi connectivity index (χ3v) is 3.33.